The molecule has 0 aliphatic carbocycles. The lowest BCUT2D eigenvalue weighted by molar-refractivity contribution is -0.389. The van der Waals surface area contributed by atoms with Crippen molar-refractivity contribution in [3.63, 3.8) is 0 Å². The van der Waals surface area contributed by atoms with Crippen molar-refractivity contribution < 1.29 is 9.72 Å². The summed E-state index contributed by atoms with van der Waals surface area (Å²) in [6, 6.07) is 0. The first-order valence-corrected chi connectivity index (χ1v) is 9.64. The summed E-state index contributed by atoms with van der Waals surface area (Å²) < 4.78 is 1.55. The number of nitro groups is 1. The number of piperidine rings is 2. The average molecular weight is 363 g/mol. The van der Waals surface area contributed by atoms with Crippen LogP contribution < -0.4 is 4.90 Å². The Morgan fingerprint density at radius 1 is 1.28 bits per heavy atom. The Balaban J connectivity index is 1.43. The van der Waals surface area contributed by atoms with Gasteiger partial charge in [0.15, 0.2) is 0 Å². The van der Waals surface area contributed by atoms with Gasteiger partial charge in [0.25, 0.3) is 4.96 Å². The van der Waals surface area contributed by atoms with Crippen molar-refractivity contribution in [3.05, 3.63) is 21.7 Å². The highest BCUT2D eigenvalue weighted by Gasteiger charge is 2.31. The number of carbonyl (C=O) groups excluding carboxylic acids is 1. The van der Waals surface area contributed by atoms with Crippen LogP contribution in [0.3, 0.4) is 0 Å². The van der Waals surface area contributed by atoms with Crippen LogP contribution in [0.2, 0.25) is 0 Å². The van der Waals surface area contributed by atoms with Crippen molar-refractivity contribution in [2.24, 2.45) is 5.92 Å². The third-order valence-electron chi connectivity index (χ3n) is 5.21. The molecule has 0 radical (unpaired) electrons. The van der Waals surface area contributed by atoms with Gasteiger partial charge in [-0.3, -0.25) is 4.79 Å². The van der Waals surface area contributed by atoms with E-state index in [1.165, 1.54) is 11.3 Å². The third kappa shape index (κ3) is 3.08. The van der Waals surface area contributed by atoms with Gasteiger partial charge in [-0.1, -0.05) is 11.3 Å². The van der Waals surface area contributed by atoms with Crippen LogP contribution in [0, 0.1) is 16.0 Å². The van der Waals surface area contributed by atoms with Crippen molar-refractivity contribution in [2.75, 3.05) is 31.1 Å². The lowest BCUT2D eigenvalue weighted by atomic mass is 9.95. The van der Waals surface area contributed by atoms with Gasteiger partial charge in [0, 0.05) is 38.0 Å². The van der Waals surface area contributed by atoms with E-state index >= 15 is 0 Å². The molecule has 134 valence electrons. The molecule has 2 aliphatic rings. The topological polar surface area (TPSA) is 84.0 Å². The summed E-state index contributed by atoms with van der Waals surface area (Å²) in [5.74, 6) is 1.28. The quantitative estimate of drug-likeness (QED) is 0.616. The van der Waals surface area contributed by atoms with Gasteiger partial charge in [0.2, 0.25) is 11.7 Å². The molecular formula is C16H21N5O3S. The van der Waals surface area contributed by atoms with Crippen LogP contribution in [0.25, 0.3) is 4.96 Å². The Labute approximate surface area is 149 Å². The molecule has 2 aliphatic heterocycles. The Bertz CT molecular complexity index is 793. The highest BCUT2D eigenvalue weighted by molar-refractivity contribution is 7.15. The highest BCUT2D eigenvalue weighted by atomic mass is 32.1. The third-order valence-corrected chi connectivity index (χ3v) is 5.96. The van der Waals surface area contributed by atoms with Gasteiger partial charge in [-0.25, -0.2) is 0 Å². The largest absolute Gasteiger partial charge is 0.373 e. The van der Waals surface area contributed by atoms with Gasteiger partial charge < -0.3 is 19.9 Å². The second kappa shape index (κ2) is 6.62. The van der Waals surface area contributed by atoms with Crippen LogP contribution in [-0.2, 0) is 4.79 Å². The fourth-order valence-corrected chi connectivity index (χ4v) is 4.54. The number of likely N-dealkylation sites (tertiary alicyclic amines) is 1. The Hall–Kier alpha value is -2.16. The van der Waals surface area contributed by atoms with Crippen molar-refractivity contribution in [1.82, 2.24) is 14.3 Å². The Morgan fingerprint density at radius 3 is 2.80 bits per heavy atom. The van der Waals surface area contributed by atoms with E-state index in [0.717, 1.165) is 51.9 Å². The summed E-state index contributed by atoms with van der Waals surface area (Å²) in [6.45, 7) is 3.20. The summed E-state index contributed by atoms with van der Waals surface area (Å²) in [5, 5.41) is 13.3. The molecule has 2 fully saturated rings. The molecule has 0 saturated carbocycles. The molecule has 4 heterocycles. The van der Waals surface area contributed by atoms with E-state index in [0.29, 0.717) is 23.1 Å². The molecule has 4 rings (SSSR count). The standard InChI is InChI=1S/C16H21N5O3S/c22-13-3-1-2-6-19(13)11-12-4-7-18(8-5-12)14-15(21(23)24)20-9-10-25-16(20)17-14/h9-10,12H,1-8,11H2. The summed E-state index contributed by atoms with van der Waals surface area (Å²) in [5.41, 5.74) is 0. The second-order valence-corrected chi connectivity index (χ2v) is 7.67. The maximum absolute atomic E-state index is 12.0. The first-order valence-electron chi connectivity index (χ1n) is 8.76. The molecule has 0 spiro atoms. The Kier molecular flexibility index (Phi) is 4.32. The fraction of sp³-hybridized carbons (Fsp3) is 0.625. The maximum Gasteiger partial charge on any atom is 0.373 e. The van der Waals surface area contributed by atoms with Crippen molar-refractivity contribution in [2.45, 2.75) is 32.1 Å². The monoisotopic (exact) mass is 363 g/mol. The predicted molar refractivity (Wildman–Crippen MR) is 95.1 cm³/mol. The average Bonchev–Trinajstić information content (AvgIpc) is 3.18. The summed E-state index contributed by atoms with van der Waals surface area (Å²) >= 11 is 1.40. The van der Waals surface area contributed by atoms with E-state index in [2.05, 4.69) is 4.98 Å². The first kappa shape index (κ1) is 16.3. The summed E-state index contributed by atoms with van der Waals surface area (Å²) in [6.07, 6.45) is 6.36. The number of nitrogens with zero attached hydrogens (tertiary/aromatic N) is 5. The molecule has 2 aromatic rings. The molecule has 8 nitrogen and oxygen atoms in total. The fourth-order valence-electron chi connectivity index (χ4n) is 3.84. The molecule has 9 heteroatoms. The molecular weight excluding hydrogens is 342 g/mol. The number of rotatable bonds is 4. The molecule has 0 unspecified atom stereocenters. The van der Waals surface area contributed by atoms with Gasteiger partial charge in [0.1, 0.15) is 6.20 Å². The zero-order valence-corrected chi connectivity index (χ0v) is 14.8. The van der Waals surface area contributed by atoms with Crippen molar-refractivity contribution in [1.29, 1.82) is 0 Å². The molecule has 0 N–H and O–H groups in total. The Morgan fingerprint density at radius 2 is 2.08 bits per heavy atom. The zero-order chi connectivity index (χ0) is 17.4. The second-order valence-electron chi connectivity index (χ2n) is 6.80. The van der Waals surface area contributed by atoms with Gasteiger partial charge in [-0.05, 0) is 36.5 Å². The number of hydrogen-bond donors (Lipinski definition) is 0. The van der Waals surface area contributed by atoms with Crippen molar-refractivity contribution >= 4 is 33.8 Å². The van der Waals surface area contributed by atoms with Gasteiger partial charge in [0.05, 0.1) is 0 Å². The molecule has 2 aromatic heterocycles. The molecule has 25 heavy (non-hydrogen) atoms. The van der Waals surface area contributed by atoms with Crippen molar-refractivity contribution in [3.8, 4) is 0 Å². The highest BCUT2D eigenvalue weighted by Crippen LogP contribution is 2.33. The SMILES string of the molecule is O=C1CCCCN1CC1CCN(c2nc3sccn3c2[N+](=O)[O-])CC1. The lowest BCUT2D eigenvalue weighted by Crippen LogP contribution is -2.42. The van der Waals surface area contributed by atoms with Gasteiger partial charge in [-0.2, -0.15) is 9.38 Å². The number of anilines is 1. The molecule has 1 amide bonds. The van der Waals surface area contributed by atoms with Crippen LogP contribution in [0.5, 0.6) is 0 Å². The van der Waals surface area contributed by atoms with E-state index < -0.39 is 0 Å². The van der Waals surface area contributed by atoms with Crippen LogP contribution in [-0.4, -0.2) is 51.3 Å². The van der Waals surface area contributed by atoms with E-state index in [-0.39, 0.29) is 16.6 Å². The molecule has 2 saturated heterocycles. The van der Waals surface area contributed by atoms with Crippen LogP contribution in [0.1, 0.15) is 32.1 Å². The van der Waals surface area contributed by atoms with E-state index in [1.54, 1.807) is 16.0 Å². The lowest BCUT2D eigenvalue weighted by Gasteiger charge is -2.36. The molecule has 0 bridgehead atoms. The van der Waals surface area contributed by atoms with Crippen LogP contribution in [0.4, 0.5) is 11.6 Å². The van der Waals surface area contributed by atoms with E-state index in [1.807, 2.05) is 9.80 Å². The minimum Gasteiger partial charge on any atom is -0.358 e. The summed E-state index contributed by atoms with van der Waals surface area (Å²) in [7, 11) is 0. The maximum atomic E-state index is 12.0. The van der Waals surface area contributed by atoms with Gasteiger partial charge >= 0.3 is 5.82 Å². The van der Waals surface area contributed by atoms with Gasteiger partial charge in [-0.15, -0.1) is 0 Å². The number of amides is 1. The van der Waals surface area contributed by atoms with Crippen LogP contribution >= 0.6 is 11.3 Å². The van der Waals surface area contributed by atoms with Crippen LogP contribution in [0.15, 0.2) is 11.6 Å². The number of imidazole rings is 1. The minimum atomic E-state index is -0.347. The smallest absolute Gasteiger partial charge is 0.358 e. The normalized spacial score (nSPS) is 19.8. The number of fused-ring (bicyclic) bond motifs is 1. The number of hydrogen-bond acceptors (Lipinski definition) is 6. The predicted octanol–water partition coefficient (Wildman–Crippen LogP) is 2.53. The summed E-state index contributed by atoms with van der Waals surface area (Å²) in [4.78, 5) is 32.3. The first-order chi connectivity index (χ1) is 12.1. The van der Waals surface area contributed by atoms with E-state index in [4.69, 9.17) is 0 Å². The number of thiazole rings is 1. The molecule has 0 aromatic carbocycles. The zero-order valence-electron chi connectivity index (χ0n) is 14.0. The number of aromatic nitrogens is 2. The van der Waals surface area contributed by atoms with E-state index in [9.17, 15) is 14.9 Å². The minimum absolute atomic E-state index is 0.0564. The number of carbonyl (C=O) groups is 1. The molecule has 0 atom stereocenters.